The minimum absolute atomic E-state index is 0.527. The largest absolute Gasteiger partial charge is 0.381 e. The zero-order valence-electron chi connectivity index (χ0n) is 13.3. The van der Waals surface area contributed by atoms with Gasteiger partial charge in [0.15, 0.2) is 0 Å². The molecule has 1 aliphatic carbocycles. The highest BCUT2D eigenvalue weighted by Crippen LogP contribution is 2.34. The molecule has 2 heterocycles. The summed E-state index contributed by atoms with van der Waals surface area (Å²) in [7, 11) is 1.87. The Bertz CT molecular complexity index is 289. The Labute approximate surface area is 124 Å². The van der Waals surface area contributed by atoms with Gasteiger partial charge in [-0.05, 0) is 64.3 Å². The second-order valence-corrected chi connectivity index (χ2v) is 7.17. The van der Waals surface area contributed by atoms with Crippen molar-refractivity contribution in [3.05, 3.63) is 0 Å². The molecule has 2 aliphatic heterocycles. The highest BCUT2D eigenvalue weighted by molar-refractivity contribution is 4.97. The van der Waals surface area contributed by atoms with Crippen LogP contribution < -0.4 is 5.32 Å². The molecule has 3 heteroatoms. The molecule has 3 aliphatic rings. The summed E-state index contributed by atoms with van der Waals surface area (Å²) < 4.78 is 5.54. The average Bonchev–Trinajstić information content (AvgIpc) is 2.83. The Morgan fingerprint density at radius 1 is 0.950 bits per heavy atom. The smallest absolute Gasteiger partial charge is 0.0572 e. The van der Waals surface area contributed by atoms with Crippen molar-refractivity contribution in [1.29, 1.82) is 0 Å². The van der Waals surface area contributed by atoms with E-state index in [0.717, 1.165) is 24.2 Å². The van der Waals surface area contributed by atoms with Crippen molar-refractivity contribution < 1.29 is 4.74 Å². The summed E-state index contributed by atoms with van der Waals surface area (Å²) >= 11 is 0. The summed E-state index contributed by atoms with van der Waals surface area (Å²) in [6.07, 6.45) is 12.6. The Morgan fingerprint density at radius 2 is 1.60 bits per heavy atom. The zero-order valence-corrected chi connectivity index (χ0v) is 13.3. The van der Waals surface area contributed by atoms with Gasteiger partial charge < -0.3 is 10.1 Å². The first-order valence-electron chi connectivity index (χ1n) is 8.84. The minimum Gasteiger partial charge on any atom is -0.381 e. The lowest BCUT2D eigenvalue weighted by molar-refractivity contribution is 0.0169. The van der Waals surface area contributed by atoms with E-state index in [9.17, 15) is 0 Å². The van der Waals surface area contributed by atoms with Crippen LogP contribution in [0.1, 0.15) is 64.7 Å². The number of nitrogens with zero attached hydrogens (tertiary/aromatic N) is 1. The first-order chi connectivity index (χ1) is 9.80. The zero-order chi connectivity index (χ0) is 13.9. The summed E-state index contributed by atoms with van der Waals surface area (Å²) in [5.74, 6) is 0. The molecular formula is C17H32N2O. The van der Waals surface area contributed by atoms with E-state index in [2.05, 4.69) is 17.1 Å². The van der Waals surface area contributed by atoms with Crippen LogP contribution in [0.3, 0.4) is 0 Å². The molecule has 1 N–H and O–H groups in total. The van der Waals surface area contributed by atoms with Crippen molar-refractivity contribution >= 4 is 0 Å². The van der Waals surface area contributed by atoms with Gasteiger partial charge in [-0.15, -0.1) is 0 Å². The Balaban J connectivity index is 1.60. The van der Waals surface area contributed by atoms with Gasteiger partial charge in [-0.1, -0.05) is 6.92 Å². The third-order valence-corrected chi connectivity index (χ3v) is 5.85. The highest BCUT2D eigenvalue weighted by Gasteiger charge is 2.38. The van der Waals surface area contributed by atoms with E-state index in [4.69, 9.17) is 4.74 Å². The molecule has 3 fully saturated rings. The van der Waals surface area contributed by atoms with Gasteiger partial charge in [0.2, 0.25) is 0 Å². The van der Waals surface area contributed by atoms with Gasteiger partial charge in [0, 0.05) is 31.3 Å². The van der Waals surface area contributed by atoms with E-state index in [-0.39, 0.29) is 0 Å². The predicted molar refractivity (Wildman–Crippen MR) is 83.0 cm³/mol. The fourth-order valence-electron chi connectivity index (χ4n) is 4.83. The Hall–Kier alpha value is -0.120. The van der Waals surface area contributed by atoms with Gasteiger partial charge in [-0.3, -0.25) is 4.90 Å². The molecule has 3 nitrogen and oxygen atoms in total. The van der Waals surface area contributed by atoms with Crippen LogP contribution in [0, 0.1) is 0 Å². The van der Waals surface area contributed by atoms with Crippen LogP contribution in [0.15, 0.2) is 0 Å². The maximum Gasteiger partial charge on any atom is 0.0572 e. The number of methoxy groups -OCH3 is 1. The molecule has 1 saturated carbocycles. The van der Waals surface area contributed by atoms with E-state index in [1.54, 1.807) is 0 Å². The monoisotopic (exact) mass is 280 g/mol. The van der Waals surface area contributed by atoms with Crippen molar-refractivity contribution in [2.24, 2.45) is 0 Å². The Morgan fingerprint density at radius 3 is 2.15 bits per heavy atom. The molecule has 20 heavy (non-hydrogen) atoms. The lowest BCUT2D eigenvalue weighted by Crippen LogP contribution is -2.52. The molecule has 0 amide bonds. The number of ether oxygens (including phenoxy) is 1. The Kier molecular flexibility index (Phi) is 5.00. The standard InChI is InChI=1S/C17H32N2O/c1-3-10-19(15-6-8-17(20-2)9-7-15)16-11-13-4-5-14(12-16)18-13/h13-18H,3-12H2,1-2H3. The summed E-state index contributed by atoms with van der Waals surface area (Å²) in [6.45, 7) is 3.63. The lowest BCUT2D eigenvalue weighted by Gasteiger charge is -2.44. The third kappa shape index (κ3) is 3.20. The third-order valence-electron chi connectivity index (χ3n) is 5.85. The number of hydrogen-bond acceptors (Lipinski definition) is 3. The van der Waals surface area contributed by atoms with Crippen LogP contribution in [0.5, 0.6) is 0 Å². The molecule has 116 valence electrons. The van der Waals surface area contributed by atoms with Crippen molar-refractivity contribution in [2.45, 2.75) is 95.0 Å². The van der Waals surface area contributed by atoms with E-state index in [1.807, 2.05) is 7.11 Å². The second-order valence-electron chi connectivity index (χ2n) is 7.17. The van der Waals surface area contributed by atoms with Gasteiger partial charge in [-0.25, -0.2) is 0 Å². The van der Waals surface area contributed by atoms with Crippen molar-refractivity contribution in [1.82, 2.24) is 10.2 Å². The summed E-state index contributed by atoms with van der Waals surface area (Å²) in [4.78, 5) is 2.89. The van der Waals surface area contributed by atoms with Gasteiger partial charge >= 0.3 is 0 Å². The fraction of sp³-hybridized carbons (Fsp3) is 1.00. The minimum atomic E-state index is 0.527. The quantitative estimate of drug-likeness (QED) is 0.838. The normalized spacial score (nSPS) is 41.2. The van der Waals surface area contributed by atoms with E-state index >= 15 is 0 Å². The number of fused-ring (bicyclic) bond motifs is 2. The van der Waals surface area contributed by atoms with Crippen LogP contribution in [-0.4, -0.2) is 48.8 Å². The van der Waals surface area contributed by atoms with Crippen LogP contribution in [-0.2, 0) is 4.74 Å². The summed E-state index contributed by atoms with van der Waals surface area (Å²) in [5, 5.41) is 3.79. The molecule has 3 rings (SSSR count). The molecule has 0 aromatic heterocycles. The van der Waals surface area contributed by atoms with Crippen molar-refractivity contribution in [3.63, 3.8) is 0 Å². The topological polar surface area (TPSA) is 24.5 Å². The maximum absolute atomic E-state index is 5.54. The van der Waals surface area contributed by atoms with Gasteiger partial charge in [0.25, 0.3) is 0 Å². The highest BCUT2D eigenvalue weighted by atomic mass is 16.5. The van der Waals surface area contributed by atoms with Crippen LogP contribution in [0.25, 0.3) is 0 Å². The summed E-state index contributed by atoms with van der Waals surface area (Å²) in [5.41, 5.74) is 0. The molecule has 2 unspecified atom stereocenters. The first kappa shape index (κ1) is 14.8. The number of piperidine rings is 1. The number of nitrogens with one attached hydrogen (secondary N) is 1. The van der Waals surface area contributed by atoms with Gasteiger partial charge in [-0.2, -0.15) is 0 Å². The number of rotatable bonds is 5. The van der Waals surface area contributed by atoms with Crippen molar-refractivity contribution in [2.75, 3.05) is 13.7 Å². The fourth-order valence-corrected chi connectivity index (χ4v) is 4.83. The SMILES string of the molecule is CCCN(C1CCC(OC)CC1)C1CC2CCC(C1)N2. The van der Waals surface area contributed by atoms with Crippen LogP contribution in [0.2, 0.25) is 0 Å². The predicted octanol–water partition coefficient (Wildman–Crippen LogP) is 2.94. The van der Waals surface area contributed by atoms with Crippen molar-refractivity contribution in [3.8, 4) is 0 Å². The van der Waals surface area contributed by atoms with E-state index in [1.165, 1.54) is 64.3 Å². The maximum atomic E-state index is 5.54. The average molecular weight is 280 g/mol. The van der Waals surface area contributed by atoms with Crippen LogP contribution in [0.4, 0.5) is 0 Å². The molecule has 0 radical (unpaired) electrons. The molecule has 2 atom stereocenters. The van der Waals surface area contributed by atoms with E-state index in [0.29, 0.717) is 6.10 Å². The molecule has 0 aromatic rings. The summed E-state index contributed by atoms with van der Waals surface area (Å²) in [6, 6.07) is 3.29. The molecular weight excluding hydrogens is 248 g/mol. The number of hydrogen-bond donors (Lipinski definition) is 1. The van der Waals surface area contributed by atoms with Crippen LogP contribution >= 0.6 is 0 Å². The molecule has 2 saturated heterocycles. The van der Waals surface area contributed by atoms with Gasteiger partial charge in [0.05, 0.1) is 6.10 Å². The molecule has 0 aromatic carbocycles. The second kappa shape index (κ2) is 6.76. The lowest BCUT2D eigenvalue weighted by atomic mass is 9.88. The first-order valence-corrected chi connectivity index (χ1v) is 8.84. The van der Waals surface area contributed by atoms with E-state index < -0.39 is 0 Å². The van der Waals surface area contributed by atoms with Gasteiger partial charge in [0.1, 0.15) is 0 Å². The molecule has 2 bridgehead atoms. The molecule has 0 spiro atoms.